The summed E-state index contributed by atoms with van der Waals surface area (Å²) in [7, 11) is 0. The van der Waals surface area contributed by atoms with Gasteiger partial charge >= 0.3 is 0 Å². The van der Waals surface area contributed by atoms with Crippen LogP contribution >= 0.6 is 0 Å². The highest BCUT2D eigenvalue weighted by Gasteiger charge is 2.25. The van der Waals surface area contributed by atoms with Crippen LogP contribution in [0.2, 0.25) is 0 Å². The summed E-state index contributed by atoms with van der Waals surface area (Å²) in [6, 6.07) is 10.2. The molecular formula is C17H21N3. The molecule has 104 valence electrons. The van der Waals surface area contributed by atoms with E-state index in [0.717, 1.165) is 29.4 Å². The Morgan fingerprint density at radius 1 is 1.25 bits per heavy atom. The number of hydrogen-bond donors (Lipinski definition) is 1. The van der Waals surface area contributed by atoms with Gasteiger partial charge in [-0.15, -0.1) is 6.58 Å². The molecule has 1 aliphatic rings. The number of nitrogens with two attached hydrogens (primary N) is 1. The second-order valence-electron chi connectivity index (χ2n) is 5.45. The summed E-state index contributed by atoms with van der Waals surface area (Å²) >= 11 is 0. The molecule has 1 heterocycles. The lowest BCUT2D eigenvalue weighted by Gasteiger charge is -2.11. The van der Waals surface area contributed by atoms with Crippen LogP contribution in [0.1, 0.15) is 37.4 Å². The van der Waals surface area contributed by atoms with Crippen LogP contribution in [0.15, 0.2) is 43.0 Å². The fourth-order valence-corrected chi connectivity index (χ4v) is 3.11. The quantitative estimate of drug-likeness (QED) is 0.852. The van der Waals surface area contributed by atoms with Crippen LogP contribution in [0.5, 0.6) is 0 Å². The van der Waals surface area contributed by atoms with Gasteiger partial charge in [-0.2, -0.15) is 0 Å². The second kappa shape index (κ2) is 5.53. The Labute approximate surface area is 120 Å². The minimum atomic E-state index is 0.551. The number of aromatic nitrogens is 2. The Hall–Kier alpha value is -2.03. The third kappa shape index (κ3) is 2.24. The zero-order valence-electron chi connectivity index (χ0n) is 11.8. The van der Waals surface area contributed by atoms with E-state index in [1.54, 1.807) is 0 Å². The fraction of sp³-hybridized carbons (Fsp3) is 0.353. The second-order valence-corrected chi connectivity index (χ2v) is 5.45. The van der Waals surface area contributed by atoms with Crippen molar-refractivity contribution in [2.45, 2.75) is 38.1 Å². The van der Waals surface area contributed by atoms with Crippen molar-refractivity contribution in [1.82, 2.24) is 9.55 Å². The molecule has 0 atom stereocenters. The summed E-state index contributed by atoms with van der Waals surface area (Å²) in [4.78, 5) is 4.87. The average molecular weight is 267 g/mol. The van der Waals surface area contributed by atoms with Crippen molar-refractivity contribution in [2.75, 3.05) is 5.73 Å². The number of imidazole rings is 1. The van der Waals surface area contributed by atoms with E-state index in [1.807, 2.05) is 24.3 Å². The maximum absolute atomic E-state index is 6.34. The van der Waals surface area contributed by atoms with Gasteiger partial charge in [0.15, 0.2) is 0 Å². The van der Waals surface area contributed by atoms with Crippen LogP contribution in [0.3, 0.4) is 0 Å². The Balaban J connectivity index is 2.07. The van der Waals surface area contributed by atoms with E-state index in [0.29, 0.717) is 5.92 Å². The van der Waals surface area contributed by atoms with Gasteiger partial charge in [0, 0.05) is 18.0 Å². The van der Waals surface area contributed by atoms with Crippen LogP contribution in [0.4, 0.5) is 5.82 Å². The first-order valence-corrected chi connectivity index (χ1v) is 7.33. The van der Waals surface area contributed by atoms with Gasteiger partial charge in [-0.3, -0.25) is 0 Å². The van der Waals surface area contributed by atoms with Crippen molar-refractivity contribution < 1.29 is 0 Å². The summed E-state index contributed by atoms with van der Waals surface area (Å²) in [6.07, 6.45) is 6.94. The van der Waals surface area contributed by atoms with E-state index in [2.05, 4.69) is 23.3 Å². The molecule has 3 heteroatoms. The lowest BCUT2D eigenvalue weighted by atomic mass is 10.1. The van der Waals surface area contributed by atoms with Crippen LogP contribution in [0, 0.1) is 0 Å². The average Bonchev–Trinajstić information content (AvgIpc) is 3.10. The van der Waals surface area contributed by atoms with E-state index in [-0.39, 0.29) is 0 Å². The molecule has 0 aliphatic heterocycles. The highest BCUT2D eigenvalue weighted by atomic mass is 15.1. The van der Waals surface area contributed by atoms with Gasteiger partial charge in [-0.25, -0.2) is 4.98 Å². The van der Waals surface area contributed by atoms with E-state index >= 15 is 0 Å². The maximum atomic E-state index is 6.34. The third-order valence-electron chi connectivity index (χ3n) is 4.12. The van der Waals surface area contributed by atoms with E-state index in [9.17, 15) is 0 Å². The molecular weight excluding hydrogens is 246 g/mol. The number of anilines is 1. The summed E-state index contributed by atoms with van der Waals surface area (Å²) in [5.41, 5.74) is 8.34. The molecule has 2 N–H and O–H groups in total. The van der Waals surface area contributed by atoms with Crippen molar-refractivity contribution in [3.05, 3.63) is 48.8 Å². The predicted octanol–water partition coefficient (Wildman–Crippen LogP) is 3.98. The molecule has 0 saturated heterocycles. The third-order valence-corrected chi connectivity index (χ3v) is 4.12. The van der Waals surface area contributed by atoms with Gasteiger partial charge in [0.05, 0.1) is 0 Å². The van der Waals surface area contributed by atoms with Crippen LogP contribution in [-0.2, 0) is 6.54 Å². The summed E-state index contributed by atoms with van der Waals surface area (Å²) in [5.74, 6) is 2.45. The molecule has 1 fully saturated rings. The predicted molar refractivity (Wildman–Crippen MR) is 83.5 cm³/mol. The first-order chi connectivity index (χ1) is 9.81. The number of allylic oxidation sites excluding steroid dienone is 1. The lowest BCUT2D eigenvalue weighted by molar-refractivity contribution is 0.618. The van der Waals surface area contributed by atoms with Crippen molar-refractivity contribution >= 4 is 5.82 Å². The molecule has 0 unspecified atom stereocenters. The number of nitrogen functional groups attached to an aromatic ring is 1. The molecule has 1 aromatic carbocycles. The molecule has 1 aliphatic carbocycles. The Morgan fingerprint density at radius 3 is 2.60 bits per heavy atom. The minimum absolute atomic E-state index is 0.551. The zero-order valence-corrected chi connectivity index (χ0v) is 11.8. The topological polar surface area (TPSA) is 43.8 Å². The van der Waals surface area contributed by atoms with Crippen LogP contribution < -0.4 is 5.73 Å². The molecule has 0 amide bonds. The molecule has 1 saturated carbocycles. The van der Waals surface area contributed by atoms with E-state index < -0.39 is 0 Å². The molecule has 2 aromatic rings. The first kappa shape index (κ1) is 13.0. The van der Waals surface area contributed by atoms with Crippen molar-refractivity contribution in [1.29, 1.82) is 0 Å². The Bertz CT molecular complexity index is 592. The van der Waals surface area contributed by atoms with Crippen molar-refractivity contribution in [3.63, 3.8) is 0 Å². The van der Waals surface area contributed by atoms with Gasteiger partial charge in [0.1, 0.15) is 17.3 Å². The largest absolute Gasteiger partial charge is 0.383 e. The summed E-state index contributed by atoms with van der Waals surface area (Å²) in [6.45, 7) is 4.58. The molecule has 20 heavy (non-hydrogen) atoms. The summed E-state index contributed by atoms with van der Waals surface area (Å²) in [5, 5.41) is 0. The molecule has 0 bridgehead atoms. The molecule has 3 nitrogen and oxygen atoms in total. The van der Waals surface area contributed by atoms with E-state index in [1.165, 1.54) is 25.7 Å². The SMILES string of the molecule is C=CCn1c(C2CCCC2)nc(-c2ccccc2)c1N. The Kier molecular flexibility index (Phi) is 3.59. The first-order valence-electron chi connectivity index (χ1n) is 7.33. The van der Waals surface area contributed by atoms with Crippen molar-refractivity contribution in [2.24, 2.45) is 0 Å². The van der Waals surface area contributed by atoms with Gasteiger partial charge < -0.3 is 10.3 Å². The maximum Gasteiger partial charge on any atom is 0.132 e. The normalized spacial score (nSPS) is 15.6. The monoisotopic (exact) mass is 267 g/mol. The number of rotatable bonds is 4. The molecule has 0 radical (unpaired) electrons. The van der Waals surface area contributed by atoms with Gasteiger partial charge in [0.25, 0.3) is 0 Å². The van der Waals surface area contributed by atoms with Crippen LogP contribution in [-0.4, -0.2) is 9.55 Å². The summed E-state index contributed by atoms with van der Waals surface area (Å²) < 4.78 is 2.13. The highest BCUT2D eigenvalue weighted by molar-refractivity contribution is 5.71. The van der Waals surface area contributed by atoms with Gasteiger partial charge in [0.2, 0.25) is 0 Å². The number of nitrogens with zero attached hydrogens (tertiary/aromatic N) is 2. The standard InChI is InChI=1S/C17H21N3/c1-2-12-20-16(18)15(13-8-4-3-5-9-13)19-17(20)14-10-6-7-11-14/h2-5,8-9,14H,1,6-7,10-12,18H2. The van der Waals surface area contributed by atoms with Gasteiger partial charge in [-0.1, -0.05) is 49.2 Å². The van der Waals surface area contributed by atoms with Gasteiger partial charge in [-0.05, 0) is 12.8 Å². The number of hydrogen-bond acceptors (Lipinski definition) is 2. The number of benzene rings is 1. The van der Waals surface area contributed by atoms with E-state index in [4.69, 9.17) is 10.7 Å². The fourth-order valence-electron chi connectivity index (χ4n) is 3.11. The molecule has 0 spiro atoms. The lowest BCUT2D eigenvalue weighted by Crippen LogP contribution is -2.08. The van der Waals surface area contributed by atoms with Crippen LogP contribution in [0.25, 0.3) is 11.3 Å². The smallest absolute Gasteiger partial charge is 0.132 e. The molecule has 1 aromatic heterocycles. The Morgan fingerprint density at radius 2 is 1.95 bits per heavy atom. The minimum Gasteiger partial charge on any atom is -0.383 e. The zero-order chi connectivity index (χ0) is 13.9. The molecule has 3 rings (SSSR count). The highest BCUT2D eigenvalue weighted by Crippen LogP contribution is 2.37. The van der Waals surface area contributed by atoms with Crippen molar-refractivity contribution in [3.8, 4) is 11.3 Å².